The van der Waals surface area contributed by atoms with Gasteiger partial charge < -0.3 is 5.11 Å². The quantitative estimate of drug-likeness (QED) is 0.806. The third kappa shape index (κ3) is 2.41. The fourth-order valence-electron chi connectivity index (χ4n) is 1.26. The molecule has 80 valence electrons. The van der Waals surface area contributed by atoms with Crippen molar-refractivity contribution in [3.05, 3.63) is 23.3 Å². The first-order chi connectivity index (χ1) is 6.90. The number of aryl methyl sites for hydroxylation is 1. The van der Waals surface area contributed by atoms with Crippen molar-refractivity contribution >= 4 is 19.7 Å². The number of aromatic hydroxyl groups is 1. The molecule has 1 aromatic rings. The second kappa shape index (κ2) is 4.09. The van der Waals surface area contributed by atoms with Gasteiger partial charge in [0.05, 0.1) is 5.56 Å². The molecular formula is C9H8ClNO3S. The molecule has 0 spiro atoms. The summed E-state index contributed by atoms with van der Waals surface area (Å²) in [4.78, 5) is -0.344. The second-order valence-electron chi connectivity index (χ2n) is 2.88. The average Bonchev–Trinajstić information content (AvgIpc) is 2.15. The SMILES string of the molecule is CCc1cc(O)cc(S(=O)(=O)Cl)c1C#N. The minimum absolute atomic E-state index is 0.00898. The van der Waals surface area contributed by atoms with Gasteiger partial charge >= 0.3 is 0 Å². The van der Waals surface area contributed by atoms with E-state index >= 15 is 0 Å². The van der Waals surface area contributed by atoms with Crippen LogP contribution in [0.15, 0.2) is 17.0 Å². The minimum atomic E-state index is -4.01. The van der Waals surface area contributed by atoms with Crippen LogP contribution in [0.1, 0.15) is 18.1 Å². The van der Waals surface area contributed by atoms with Gasteiger partial charge in [0.15, 0.2) is 0 Å². The van der Waals surface area contributed by atoms with E-state index in [9.17, 15) is 13.5 Å². The molecule has 1 N–H and O–H groups in total. The first-order valence-corrected chi connectivity index (χ1v) is 6.41. The maximum atomic E-state index is 11.1. The summed E-state index contributed by atoms with van der Waals surface area (Å²) in [5.74, 6) is -0.218. The average molecular weight is 246 g/mol. The molecule has 6 heteroatoms. The molecule has 0 fully saturated rings. The number of rotatable bonds is 2. The zero-order chi connectivity index (χ0) is 11.6. The molecule has 0 heterocycles. The Morgan fingerprint density at radius 3 is 2.53 bits per heavy atom. The van der Waals surface area contributed by atoms with Gasteiger partial charge in [-0.05, 0) is 18.1 Å². The molecule has 0 amide bonds. The molecule has 0 aliphatic heterocycles. The van der Waals surface area contributed by atoms with Crippen molar-refractivity contribution in [3.63, 3.8) is 0 Å². The second-order valence-corrected chi connectivity index (χ2v) is 5.42. The molecule has 0 atom stereocenters. The Labute approximate surface area is 92.1 Å². The van der Waals surface area contributed by atoms with Gasteiger partial charge in [-0.3, -0.25) is 0 Å². The Balaban J connectivity index is 3.66. The summed E-state index contributed by atoms with van der Waals surface area (Å²) in [6, 6.07) is 4.10. The van der Waals surface area contributed by atoms with Crippen LogP contribution in [0.25, 0.3) is 0 Å². The Kier molecular flexibility index (Phi) is 3.22. The minimum Gasteiger partial charge on any atom is -0.508 e. The van der Waals surface area contributed by atoms with Crippen molar-refractivity contribution in [1.29, 1.82) is 5.26 Å². The number of phenolic OH excluding ortho intramolecular Hbond substituents is 1. The molecule has 0 aliphatic rings. The van der Waals surface area contributed by atoms with E-state index in [0.717, 1.165) is 6.07 Å². The number of halogens is 1. The lowest BCUT2D eigenvalue weighted by Crippen LogP contribution is -1.99. The van der Waals surface area contributed by atoms with Crippen LogP contribution in [0.3, 0.4) is 0 Å². The lowest BCUT2D eigenvalue weighted by Gasteiger charge is -2.06. The molecule has 0 saturated carbocycles. The molecular weight excluding hydrogens is 238 g/mol. The van der Waals surface area contributed by atoms with Gasteiger partial charge in [0, 0.05) is 16.7 Å². The molecule has 0 radical (unpaired) electrons. The first-order valence-electron chi connectivity index (χ1n) is 4.10. The lowest BCUT2D eigenvalue weighted by molar-refractivity contribution is 0.472. The number of nitrogens with zero attached hydrogens (tertiary/aromatic N) is 1. The maximum Gasteiger partial charge on any atom is 0.262 e. The topological polar surface area (TPSA) is 78.2 Å². The third-order valence-corrected chi connectivity index (χ3v) is 3.27. The summed E-state index contributed by atoms with van der Waals surface area (Å²) < 4.78 is 22.3. The standard InChI is InChI=1S/C9H8ClNO3S/c1-2-6-3-7(12)4-9(8(6)5-11)15(10,13)14/h3-4,12H,2H2,1H3. The number of benzene rings is 1. The number of phenols is 1. The van der Waals surface area contributed by atoms with Gasteiger partial charge in [0.1, 0.15) is 16.7 Å². The highest BCUT2D eigenvalue weighted by molar-refractivity contribution is 8.13. The summed E-state index contributed by atoms with van der Waals surface area (Å²) in [7, 11) is 1.14. The molecule has 4 nitrogen and oxygen atoms in total. The van der Waals surface area contributed by atoms with Crippen molar-refractivity contribution in [2.45, 2.75) is 18.2 Å². The van der Waals surface area contributed by atoms with Crippen molar-refractivity contribution in [1.82, 2.24) is 0 Å². The van der Waals surface area contributed by atoms with Crippen LogP contribution < -0.4 is 0 Å². The Morgan fingerprint density at radius 1 is 1.53 bits per heavy atom. The largest absolute Gasteiger partial charge is 0.508 e. The monoisotopic (exact) mass is 245 g/mol. The first kappa shape index (κ1) is 11.8. The summed E-state index contributed by atoms with van der Waals surface area (Å²) in [6.07, 6.45) is 0.441. The molecule has 0 saturated heterocycles. The van der Waals surface area contributed by atoms with Gasteiger partial charge in [-0.1, -0.05) is 6.92 Å². The van der Waals surface area contributed by atoms with Crippen molar-refractivity contribution in [3.8, 4) is 11.8 Å². The van der Waals surface area contributed by atoms with E-state index in [2.05, 4.69) is 0 Å². The Hall–Kier alpha value is -1.25. The van der Waals surface area contributed by atoms with Crippen molar-refractivity contribution < 1.29 is 13.5 Å². The van der Waals surface area contributed by atoms with Crippen LogP contribution >= 0.6 is 10.7 Å². The van der Waals surface area contributed by atoms with E-state index in [1.165, 1.54) is 6.07 Å². The van der Waals surface area contributed by atoms with Gasteiger partial charge in [0.25, 0.3) is 9.05 Å². The zero-order valence-corrected chi connectivity index (χ0v) is 9.43. The van der Waals surface area contributed by atoms with Crippen molar-refractivity contribution in [2.24, 2.45) is 0 Å². The summed E-state index contributed by atoms with van der Waals surface area (Å²) in [5, 5.41) is 18.1. The van der Waals surface area contributed by atoms with E-state index in [0.29, 0.717) is 12.0 Å². The molecule has 0 bridgehead atoms. The molecule has 0 aliphatic carbocycles. The predicted octanol–water partition coefficient (Wildman–Crippen LogP) is 1.75. The number of nitriles is 1. The fourth-order valence-corrected chi connectivity index (χ4v) is 2.30. The summed E-state index contributed by atoms with van der Waals surface area (Å²) >= 11 is 0. The van der Waals surface area contributed by atoms with Crippen molar-refractivity contribution in [2.75, 3.05) is 0 Å². The summed E-state index contributed by atoms with van der Waals surface area (Å²) in [6.45, 7) is 1.75. The van der Waals surface area contributed by atoms with Crippen LogP contribution in [0, 0.1) is 11.3 Å². The van der Waals surface area contributed by atoms with Gasteiger partial charge in [-0.2, -0.15) is 5.26 Å². The highest BCUT2D eigenvalue weighted by Gasteiger charge is 2.19. The number of hydrogen-bond donors (Lipinski definition) is 1. The van der Waals surface area contributed by atoms with Crippen LogP contribution in [-0.2, 0) is 15.5 Å². The van der Waals surface area contributed by atoms with E-state index in [-0.39, 0.29) is 16.2 Å². The molecule has 0 unspecified atom stereocenters. The van der Waals surface area contributed by atoms with Gasteiger partial charge in [0.2, 0.25) is 0 Å². The zero-order valence-electron chi connectivity index (χ0n) is 7.86. The molecule has 1 aromatic carbocycles. The van der Waals surface area contributed by atoms with Crippen LogP contribution in [0.2, 0.25) is 0 Å². The van der Waals surface area contributed by atoms with E-state index in [4.69, 9.17) is 15.9 Å². The summed E-state index contributed by atoms with van der Waals surface area (Å²) in [5.41, 5.74) is 0.446. The number of hydrogen-bond acceptors (Lipinski definition) is 4. The molecule has 1 rings (SSSR count). The maximum absolute atomic E-state index is 11.1. The highest BCUT2D eigenvalue weighted by Crippen LogP contribution is 2.27. The van der Waals surface area contributed by atoms with Gasteiger partial charge in [-0.15, -0.1) is 0 Å². The predicted molar refractivity (Wildman–Crippen MR) is 55.2 cm³/mol. The van der Waals surface area contributed by atoms with Crippen LogP contribution in [-0.4, -0.2) is 13.5 Å². The van der Waals surface area contributed by atoms with E-state index in [1.807, 2.05) is 0 Å². The van der Waals surface area contributed by atoms with Crippen LogP contribution in [0.4, 0.5) is 0 Å². The Bertz CT molecular complexity index is 531. The van der Waals surface area contributed by atoms with E-state index < -0.39 is 9.05 Å². The fraction of sp³-hybridized carbons (Fsp3) is 0.222. The van der Waals surface area contributed by atoms with E-state index in [1.54, 1.807) is 13.0 Å². The highest BCUT2D eigenvalue weighted by atomic mass is 35.7. The van der Waals surface area contributed by atoms with Gasteiger partial charge in [-0.25, -0.2) is 8.42 Å². The Morgan fingerprint density at radius 2 is 2.13 bits per heavy atom. The lowest BCUT2D eigenvalue weighted by atomic mass is 10.1. The smallest absolute Gasteiger partial charge is 0.262 e. The normalized spacial score (nSPS) is 11.0. The van der Waals surface area contributed by atoms with Crippen LogP contribution in [0.5, 0.6) is 5.75 Å². The molecule has 15 heavy (non-hydrogen) atoms. The molecule has 0 aromatic heterocycles. The third-order valence-electron chi connectivity index (χ3n) is 1.92.